The molecular weight excluding hydrogens is 227 g/mol. The molecule has 0 saturated heterocycles. The highest BCUT2D eigenvalue weighted by atomic mass is 16.7. The third-order valence-electron chi connectivity index (χ3n) is 2.48. The zero-order valence-corrected chi connectivity index (χ0v) is 11.4. The van der Waals surface area contributed by atoms with Crippen molar-refractivity contribution in [2.24, 2.45) is 0 Å². The van der Waals surface area contributed by atoms with Gasteiger partial charge in [0, 0.05) is 13.2 Å². The molecule has 0 fully saturated rings. The lowest BCUT2D eigenvalue weighted by molar-refractivity contribution is 0.137. The topological polar surface area (TPSA) is 27.7 Å². The van der Waals surface area contributed by atoms with E-state index < -0.39 is 7.32 Å². The van der Waals surface area contributed by atoms with Crippen molar-refractivity contribution in [2.75, 3.05) is 13.2 Å². The van der Waals surface area contributed by atoms with Crippen LogP contribution in [-0.2, 0) is 9.31 Å². The van der Waals surface area contributed by atoms with Gasteiger partial charge in [0.1, 0.15) is 5.75 Å². The molecule has 0 aliphatic rings. The molecule has 0 atom stereocenters. The third kappa shape index (κ3) is 6.67. The molecule has 0 bridgehead atoms. The minimum Gasteiger partial charge on any atom is -0.512 e. The van der Waals surface area contributed by atoms with Crippen molar-refractivity contribution in [1.29, 1.82) is 0 Å². The van der Waals surface area contributed by atoms with Crippen molar-refractivity contribution in [3.63, 3.8) is 0 Å². The summed E-state index contributed by atoms with van der Waals surface area (Å²) in [5, 5.41) is 0. The normalized spacial score (nSPS) is 10.3. The maximum Gasteiger partial charge on any atom is 0.713 e. The minimum atomic E-state index is -0.592. The largest absolute Gasteiger partial charge is 0.713 e. The van der Waals surface area contributed by atoms with Gasteiger partial charge in [-0.05, 0) is 25.0 Å². The van der Waals surface area contributed by atoms with Crippen LogP contribution in [-0.4, -0.2) is 20.5 Å². The Labute approximate surface area is 111 Å². The second kappa shape index (κ2) is 9.98. The summed E-state index contributed by atoms with van der Waals surface area (Å²) in [6, 6.07) is 9.63. The Morgan fingerprint density at radius 1 is 0.889 bits per heavy atom. The van der Waals surface area contributed by atoms with Gasteiger partial charge in [0.25, 0.3) is 0 Å². The summed E-state index contributed by atoms with van der Waals surface area (Å²) in [5.41, 5.74) is 0. The Morgan fingerprint density at radius 3 is 1.94 bits per heavy atom. The molecule has 0 spiro atoms. The van der Waals surface area contributed by atoms with Gasteiger partial charge in [-0.3, -0.25) is 0 Å². The van der Waals surface area contributed by atoms with Gasteiger partial charge >= 0.3 is 7.32 Å². The number of rotatable bonds is 10. The van der Waals surface area contributed by atoms with Crippen LogP contribution in [0.4, 0.5) is 0 Å². The molecule has 0 heterocycles. The average Bonchev–Trinajstić information content (AvgIpc) is 2.40. The Kier molecular flexibility index (Phi) is 8.35. The van der Waals surface area contributed by atoms with E-state index in [1.807, 2.05) is 30.3 Å². The Bertz CT molecular complexity index is 282. The van der Waals surface area contributed by atoms with Crippen LogP contribution in [0.25, 0.3) is 0 Å². The van der Waals surface area contributed by atoms with E-state index in [-0.39, 0.29) is 0 Å². The van der Waals surface area contributed by atoms with E-state index in [9.17, 15) is 0 Å². The minimum absolute atomic E-state index is 0.592. The van der Waals surface area contributed by atoms with Crippen LogP contribution < -0.4 is 4.65 Å². The van der Waals surface area contributed by atoms with Crippen molar-refractivity contribution >= 4 is 7.32 Å². The van der Waals surface area contributed by atoms with Crippen LogP contribution in [0.2, 0.25) is 0 Å². The highest BCUT2D eigenvalue weighted by Crippen LogP contribution is 2.11. The van der Waals surface area contributed by atoms with Gasteiger partial charge in [-0.2, -0.15) is 0 Å². The molecule has 100 valence electrons. The van der Waals surface area contributed by atoms with Crippen LogP contribution in [0.15, 0.2) is 30.3 Å². The van der Waals surface area contributed by atoms with Crippen LogP contribution in [0.1, 0.15) is 39.5 Å². The second-order valence-corrected chi connectivity index (χ2v) is 4.17. The Balaban J connectivity index is 2.37. The number of benzene rings is 1. The van der Waals surface area contributed by atoms with Gasteiger partial charge in [-0.25, -0.2) is 0 Å². The SMILES string of the molecule is CCCCOB(OCCCC)Oc1ccccc1. The molecule has 0 saturated carbocycles. The monoisotopic (exact) mass is 250 g/mol. The summed E-state index contributed by atoms with van der Waals surface area (Å²) in [7, 11) is -0.592. The molecule has 0 amide bonds. The molecule has 0 aliphatic carbocycles. The molecule has 1 aromatic carbocycles. The fraction of sp³-hybridized carbons (Fsp3) is 0.571. The van der Waals surface area contributed by atoms with E-state index in [0.717, 1.165) is 31.4 Å². The van der Waals surface area contributed by atoms with Gasteiger partial charge in [0.2, 0.25) is 0 Å². The van der Waals surface area contributed by atoms with Gasteiger partial charge < -0.3 is 14.0 Å². The zero-order valence-electron chi connectivity index (χ0n) is 11.4. The first-order valence-corrected chi connectivity index (χ1v) is 6.81. The van der Waals surface area contributed by atoms with E-state index in [1.54, 1.807) is 0 Å². The average molecular weight is 250 g/mol. The van der Waals surface area contributed by atoms with Crippen molar-refractivity contribution < 1.29 is 14.0 Å². The lowest BCUT2D eigenvalue weighted by Gasteiger charge is -2.15. The van der Waals surface area contributed by atoms with E-state index in [4.69, 9.17) is 14.0 Å². The first-order chi connectivity index (χ1) is 8.86. The first-order valence-electron chi connectivity index (χ1n) is 6.81. The van der Waals surface area contributed by atoms with E-state index in [0.29, 0.717) is 13.2 Å². The lowest BCUT2D eigenvalue weighted by atomic mass is 10.2. The van der Waals surface area contributed by atoms with Gasteiger partial charge in [0.05, 0.1) is 0 Å². The molecule has 4 heteroatoms. The third-order valence-corrected chi connectivity index (χ3v) is 2.48. The standard InChI is InChI=1S/C14H23BO3/c1-3-5-12-16-15(17-13-6-4-2)18-14-10-8-7-9-11-14/h7-11H,3-6,12-13H2,1-2H3. The maximum absolute atomic E-state index is 5.66. The van der Waals surface area contributed by atoms with Crippen molar-refractivity contribution in [2.45, 2.75) is 39.5 Å². The number of hydrogen-bond donors (Lipinski definition) is 0. The van der Waals surface area contributed by atoms with Crippen molar-refractivity contribution in [3.8, 4) is 5.75 Å². The molecule has 1 aromatic rings. The summed E-state index contributed by atoms with van der Waals surface area (Å²) >= 11 is 0. The molecule has 0 N–H and O–H groups in total. The summed E-state index contributed by atoms with van der Waals surface area (Å²) in [4.78, 5) is 0. The van der Waals surface area contributed by atoms with Crippen molar-refractivity contribution in [3.05, 3.63) is 30.3 Å². The zero-order chi connectivity index (χ0) is 13.1. The molecule has 1 rings (SSSR count). The molecule has 3 nitrogen and oxygen atoms in total. The van der Waals surface area contributed by atoms with Crippen molar-refractivity contribution in [1.82, 2.24) is 0 Å². The Morgan fingerprint density at radius 2 is 1.44 bits per heavy atom. The van der Waals surface area contributed by atoms with Crippen LogP contribution in [0.3, 0.4) is 0 Å². The van der Waals surface area contributed by atoms with E-state index in [2.05, 4.69) is 13.8 Å². The predicted octanol–water partition coefficient (Wildman–Crippen LogP) is 3.68. The number of hydrogen-bond acceptors (Lipinski definition) is 3. The van der Waals surface area contributed by atoms with Crippen LogP contribution in [0.5, 0.6) is 5.75 Å². The molecular formula is C14H23BO3. The summed E-state index contributed by atoms with van der Waals surface area (Å²) in [6.45, 7) is 5.60. The van der Waals surface area contributed by atoms with E-state index in [1.165, 1.54) is 0 Å². The maximum atomic E-state index is 5.66. The van der Waals surface area contributed by atoms with E-state index >= 15 is 0 Å². The quantitative estimate of drug-likeness (QED) is 0.468. The predicted molar refractivity (Wildman–Crippen MR) is 74.5 cm³/mol. The molecule has 18 heavy (non-hydrogen) atoms. The summed E-state index contributed by atoms with van der Waals surface area (Å²) < 4.78 is 16.8. The highest BCUT2D eigenvalue weighted by Gasteiger charge is 2.23. The smallest absolute Gasteiger partial charge is 0.512 e. The lowest BCUT2D eigenvalue weighted by Crippen LogP contribution is -2.31. The van der Waals surface area contributed by atoms with Crippen LogP contribution in [0, 0.1) is 0 Å². The first kappa shape index (κ1) is 15.1. The molecule has 0 aromatic heterocycles. The molecule has 0 aliphatic heterocycles. The summed E-state index contributed by atoms with van der Waals surface area (Å²) in [5.74, 6) is 0.774. The number of unbranched alkanes of at least 4 members (excludes halogenated alkanes) is 2. The molecule has 0 radical (unpaired) electrons. The Hall–Kier alpha value is -0.995. The highest BCUT2D eigenvalue weighted by molar-refractivity contribution is 6.37. The second-order valence-electron chi connectivity index (χ2n) is 4.17. The fourth-order valence-corrected chi connectivity index (χ4v) is 1.37. The summed E-state index contributed by atoms with van der Waals surface area (Å²) in [6.07, 6.45) is 4.25. The van der Waals surface area contributed by atoms with Crippen LogP contribution >= 0.6 is 0 Å². The van der Waals surface area contributed by atoms with Gasteiger partial charge in [0.15, 0.2) is 0 Å². The fourth-order valence-electron chi connectivity index (χ4n) is 1.37. The van der Waals surface area contributed by atoms with Gasteiger partial charge in [-0.1, -0.05) is 44.9 Å². The molecule has 0 unspecified atom stereocenters. The van der Waals surface area contributed by atoms with Gasteiger partial charge in [-0.15, -0.1) is 0 Å². The number of para-hydroxylation sites is 1.